The van der Waals surface area contributed by atoms with Crippen molar-refractivity contribution in [1.29, 1.82) is 0 Å². The van der Waals surface area contributed by atoms with E-state index >= 15 is 0 Å². The molecular weight excluding hydrogens is 375 g/mol. The Hall–Kier alpha value is -2.09. The van der Waals surface area contributed by atoms with Crippen molar-refractivity contribution in [3.05, 3.63) is 65.7 Å². The van der Waals surface area contributed by atoms with Gasteiger partial charge in [0.1, 0.15) is 0 Å². The Balaban J connectivity index is -0.000000484. The topological polar surface area (TPSA) is 26.3 Å². The van der Waals surface area contributed by atoms with Crippen LogP contribution in [0.4, 0.5) is 23.5 Å². The van der Waals surface area contributed by atoms with Crippen LogP contribution in [0.5, 0.6) is 0 Å². The van der Waals surface area contributed by atoms with E-state index in [4.69, 9.17) is 4.18 Å². The molecule has 0 fully saturated rings. The van der Waals surface area contributed by atoms with E-state index in [1.807, 2.05) is 54.6 Å². The molecular formula is C18H25F5O2S. The van der Waals surface area contributed by atoms with Crippen molar-refractivity contribution in [2.75, 3.05) is 0 Å². The summed E-state index contributed by atoms with van der Waals surface area (Å²) >= 11 is 1.09. The number of carbonyl (C=O) groups excluding carboxylic acids is 1. The minimum Gasteiger partial charge on any atom is -0.382 e. The lowest BCUT2D eigenvalue weighted by molar-refractivity contribution is 0.0768. The van der Waals surface area contributed by atoms with E-state index in [1.54, 1.807) is 0 Å². The second kappa shape index (κ2) is 17.7. The molecule has 2 nitrogen and oxygen atoms in total. The minimum absolute atomic E-state index is 0. The van der Waals surface area contributed by atoms with Gasteiger partial charge in [-0.1, -0.05) is 50.1 Å². The number of benzene rings is 2. The molecule has 0 unspecified atom stereocenters. The Kier molecular flexibility index (Phi) is 21.6. The first-order chi connectivity index (χ1) is 10.3. The fraction of sp³-hybridized carbons (Fsp3) is 0.278. The summed E-state index contributed by atoms with van der Waals surface area (Å²) in [6.45, 7) is 2.20. The van der Waals surface area contributed by atoms with Crippen LogP contribution in [-0.2, 0) is 10.6 Å². The van der Waals surface area contributed by atoms with Crippen molar-refractivity contribution in [3.8, 4) is 0 Å². The maximum absolute atomic E-state index is 11.9. The number of carbonyl (C=O) groups is 1. The normalized spacial score (nSPS) is 8.35. The van der Waals surface area contributed by atoms with Crippen LogP contribution in [-0.4, -0.2) is 5.97 Å². The van der Waals surface area contributed by atoms with Crippen molar-refractivity contribution >= 4 is 18.0 Å². The molecule has 0 saturated carbocycles. The third-order valence-electron chi connectivity index (χ3n) is 3.22. The highest BCUT2D eigenvalue weighted by molar-refractivity contribution is 7.95. The molecule has 2 aromatic carbocycles. The molecule has 0 aliphatic carbocycles. The largest absolute Gasteiger partial charge is 0.382 e. The molecule has 8 heteroatoms. The van der Waals surface area contributed by atoms with E-state index in [0.29, 0.717) is 5.56 Å². The van der Waals surface area contributed by atoms with Crippen molar-refractivity contribution in [2.45, 2.75) is 37.5 Å². The van der Waals surface area contributed by atoms with Crippen LogP contribution in [0.3, 0.4) is 0 Å². The Morgan fingerprint density at radius 1 is 0.846 bits per heavy atom. The zero-order valence-corrected chi connectivity index (χ0v) is 15.1. The van der Waals surface area contributed by atoms with Gasteiger partial charge in [-0.3, -0.25) is 23.5 Å². The van der Waals surface area contributed by atoms with E-state index in [-0.39, 0.29) is 29.5 Å². The van der Waals surface area contributed by atoms with Crippen molar-refractivity contribution in [3.63, 3.8) is 0 Å². The predicted octanol–water partition coefficient (Wildman–Crippen LogP) is 6.05. The van der Waals surface area contributed by atoms with Crippen molar-refractivity contribution in [2.24, 2.45) is 0 Å². The maximum Gasteiger partial charge on any atom is 0.350 e. The first kappa shape index (κ1) is 31.7. The Labute approximate surface area is 154 Å². The number of hydrogen-bond acceptors (Lipinski definition) is 3. The first-order valence-corrected chi connectivity index (χ1v) is 8.06. The molecule has 26 heavy (non-hydrogen) atoms. The molecule has 150 valence electrons. The lowest BCUT2D eigenvalue weighted by atomic mass is 10.1. The van der Waals surface area contributed by atoms with Gasteiger partial charge in [-0.25, -0.2) is 4.79 Å². The lowest BCUT2D eigenvalue weighted by Gasteiger charge is -2.04. The highest BCUT2D eigenvalue weighted by Crippen LogP contribution is 2.20. The summed E-state index contributed by atoms with van der Waals surface area (Å²) < 4.78 is 5.23. The number of hydrogen-bond donors (Lipinski definition) is 0. The number of halogens is 5. The van der Waals surface area contributed by atoms with Gasteiger partial charge in [0.15, 0.2) is 0 Å². The van der Waals surface area contributed by atoms with Crippen molar-refractivity contribution < 1.29 is 32.5 Å². The third kappa shape index (κ3) is 10.7. The van der Waals surface area contributed by atoms with Crippen LogP contribution < -0.4 is 0 Å². The number of unbranched alkanes of at least 4 members (excludes halogenated alkanes) is 2. The van der Waals surface area contributed by atoms with Gasteiger partial charge in [0, 0.05) is 4.90 Å². The van der Waals surface area contributed by atoms with E-state index in [9.17, 15) is 4.79 Å². The summed E-state index contributed by atoms with van der Waals surface area (Å²) in [5.74, 6) is -0.302. The van der Waals surface area contributed by atoms with E-state index in [2.05, 4.69) is 6.92 Å². The van der Waals surface area contributed by atoms with Crippen LogP contribution in [0.2, 0.25) is 0 Å². The third-order valence-corrected chi connectivity index (χ3v) is 3.91. The van der Waals surface area contributed by atoms with Crippen LogP contribution in [0.1, 0.15) is 42.1 Å². The molecule has 2 aromatic rings. The minimum atomic E-state index is -0.302. The van der Waals surface area contributed by atoms with Gasteiger partial charge in [0.2, 0.25) is 0 Å². The quantitative estimate of drug-likeness (QED) is 0.322. The van der Waals surface area contributed by atoms with E-state index in [1.165, 1.54) is 24.8 Å². The lowest BCUT2D eigenvalue weighted by Crippen LogP contribution is -2.00. The van der Waals surface area contributed by atoms with Crippen LogP contribution >= 0.6 is 12.0 Å². The zero-order valence-electron chi connectivity index (χ0n) is 14.3. The van der Waals surface area contributed by atoms with Gasteiger partial charge in [0.05, 0.1) is 17.6 Å². The Morgan fingerprint density at radius 3 is 1.96 bits per heavy atom. The Bertz CT molecular complexity index is 568. The summed E-state index contributed by atoms with van der Waals surface area (Å²) in [5.41, 5.74) is 1.87. The second-order valence-electron chi connectivity index (χ2n) is 4.92. The fourth-order valence-corrected chi connectivity index (χ4v) is 2.53. The van der Waals surface area contributed by atoms with E-state index in [0.717, 1.165) is 23.4 Å². The molecule has 0 amide bonds. The molecule has 0 spiro atoms. The van der Waals surface area contributed by atoms with Crippen LogP contribution in [0, 0.1) is 0 Å². The van der Waals surface area contributed by atoms with Gasteiger partial charge >= 0.3 is 5.97 Å². The van der Waals surface area contributed by atoms with Gasteiger partial charge < -0.3 is 4.18 Å². The smallest absolute Gasteiger partial charge is 0.350 e. The van der Waals surface area contributed by atoms with Crippen LogP contribution in [0.15, 0.2) is 59.5 Å². The average molecular weight is 400 g/mol. The molecule has 0 aliphatic heterocycles. The number of aryl methyl sites for hydroxylation is 1. The fourth-order valence-electron chi connectivity index (χ4n) is 2.00. The zero-order chi connectivity index (χ0) is 14.9. The summed E-state index contributed by atoms with van der Waals surface area (Å²) in [6, 6.07) is 17.3. The van der Waals surface area contributed by atoms with Gasteiger partial charge in [0.25, 0.3) is 0 Å². The van der Waals surface area contributed by atoms with Crippen molar-refractivity contribution in [1.82, 2.24) is 0 Å². The molecule has 0 aromatic heterocycles. The molecule has 0 radical (unpaired) electrons. The second-order valence-corrected chi connectivity index (χ2v) is 5.73. The Morgan fingerprint density at radius 2 is 1.42 bits per heavy atom. The summed E-state index contributed by atoms with van der Waals surface area (Å²) in [6.07, 6.45) is 4.74. The van der Waals surface area contributed by atoms with Gasteiger partial charge in [-0.05, 0) is 42.7 Å². The molecule has 0 N–H and O–H groups in total. The summed E-state index contributed by atoms with van der Waals surface area (Å²) in [7, 11) is 0. The number of rotatable bonds is 7. The summed E-state index contributed by atoms with van der Waals surface area (Å²) in [5, 5.41) is 0. The molecule has 0 aliphatic rings. The van der Waals surface area contributed by atoms with Gasteiger partial charge in [-0.2, -0.15) is 0 Å². The van der Waals surface area contributed by atoms with Gasteiger partial charge in [-0.15, -0.1) is 0 Å². The predicted molar refractivity (Wildman–Crippen MR) is 99.9 cm³/mol. The molecule has 0 atom stereocenters. The highest BCUT2D eigenvalue weighted by Gasteiger charge is 2.08. The molecule has 2 rings (SSSR count). The molecule has 0 heterocycles. The standard InChI is InChI=1S/C18H20O2S.5FH/c1-2-3-5-8-15-11-13-16(14-12-15)18(19)20-21-17-9-6-4-7-10-17;;;;;/h4,6-7,9-14H,2-3,5,8H2,1H3;5*1H. The first-order valence-electron chi connectivity index (χ1n) is 7.32. The molecule has 0 bridgehead atoms. The van der Waals surface area contributed by atoms with Crippen LogP contribution in [0.25, 0.3) is 0 Å². The van der Waals surface area contributed by atoms with E-state index < -0.39 is 0 Å². The average Bonchev–Trinajstić information content (AvgIpc) is 2.54. The molecule has 0 saturated heterocycles. The maximum atomic E-state index is 11.9. The highest BCUT2D eigenvalue weighted by atomic mass is 32.2. The summed E-state index contributed by atoms with van der Waals surface area (Å²) in [4.78, 5) is 12.9. The SMILES string of the molecule is CCCCCc1ccc(C(=O)OSc2ccccc2)cc1.F.F.F.F.F. The monoisotopic (exact) mass is 400 g/mol.